The maximum absolute atomic E-state index is 12.9. The molecule has 7 nitrogen and oxygen atoms in total. The first-order valence-corrected chi connectivity index (χ1v) is 11.8. The summed E-state index contributed by atoms with van der Waals surface area (Å²) in [7, 11) is 3.24. The van der Waals surface area contributed by atoms with Crippen LogP contribution in [0.15, 0.2) is 24.3 Å². The van der Waals surface area contributed by atoms with Crippen LogP contribution in [0.25, 0.3) is 11.3 Å². The van der Waals surface area contributed by atoms with Gasteiger partial charge in [0.2, 0.25) is 5.91 Å². The normalized spacial score (nSPS) is 19.2. The van der Waals surface area contributed by atoms with Crippen LogP contribution in [0.2, 0.25) is 0 Å². The second kappa shape index (κ2) is 10.2. The minimum Gasteiger partial charge on any atom is -0.497 e. The number of carbonyl (C=O) groups excluding carboxylic acids is 2. The van der Waals surface area contributed by atoms with Crippen molar-refractivity contribution in [2.75, 3.05) is 27.2 Å². The standard InChI is InChI=1S/C25H34N4O3/c1-26-25(31)23-22(18-10-12-20(32-2)13-11-18)27-24(28-23)19-8-5-15-29(16-19)21(30)14-9-17-6-3-4-7-17/h10-13,17,19H,3-9,14-16H2,1-2H3,(H,26,31)(H,27,28)/t19-/m0/s1. The SMILES string of the molecule is CNC(=O)c1[nH]c([C@H]2CCCN(C(=O)CCC3CCCC3)C2)nc1-c1ccc(OC)cc1. The van der Waals surface area contributed by atoms with E-state index in [0.29, 0.717) is 24.4 Å². The lowest BCUT2D eigenvalue weighted by atomic mass is 9.96. The summed E-state index contributed by atoms with van der Waals surface area (Å²) in [6, 6.07) is 7.54. The monoisotopic (exact) mass is 438 g/mol. The van der Waals surface area contributed by atoms with E-state index in [1.54, 1.807) is 14.2 Å². The molecule has 1 saturated carbocycles. The zero-order valence-corrected chi connectivity index (χ0v) is 19.2. The van der Waals surface area contributed by atoms with E-state index in [1.165, 1.54) is 25.7 Å². The Bertz CT molecular complexity index is 931. The second-order valence-electron chi connectivity index (χ2n) is 9.02. The van der Waals surface area contributed by atoms with Crippen molar-refractivity contribution < 1.29 is 14.3 Å². The van der Waals surface area contributed by atoms with E-state index in [1.807, 2.05) is 29.2 Å². The molecule has 0 spiro atoms. The van der Waals surface area contributed by atoms with Crippen molar-refractivity contribution >= 4 is 11.8 Å². The first kappa shape index (κ1) is 22.4. The molecule has 1 saturated heterocycles. The van der Waals surface area contributed by atoms with Crippen molar-refractivity contribution in [3.8, 4) is 17.0 Å². The molecular formula is C25H34N4O3. The van der Waals surface area contributed by atoms with Crippen LogP contribution < -0.4 is 10.1 Å². The van der Waals surface area contributed by atoms with Crippen LogP contribution in [0.3, 0.4) is 0 Å². The highest BCUT2D eigenvalue weighted by Gasteiger charge is 2.29. The number of likely N-dealkylation sites (tertiary alicyclic amines) is 1. The number of piperidine rings is 1. The number of rotatable bonds is 7. The van der Waals surface area contributed by atoms with E-state index in [2.05, 4.69) is 10.3 Å². The average molecular weight is 439 g/mol. The molecule has 2 N–H and O–H groups in total. The first-order valence-electron chi connectivity index (χ1n) is 11.8. The Morgan fingerprint density at radius 2 is 1.91 bits per heavy atom. The molecule has 2 fully saturated rings. The van der Waals surface area contributed by atoms with Crippen LogP contribution in [0.4, 0.5) is 0 Å². The lowest BCUT2D eigenvalue weighted by Gasteiger charge is -2.32. The number of aromatic amines is 1. The van der Waals surface area contributed by atoms with Crippen molar-refractivity contribution in [3.05, 3.63) is 35.8 Å². The lowest BCUT2D eigenvalue weighted by molar-refractivity contribution is -0.132. The van der Waals surface area contributed by atoms with Crippen molar-refractivity contribution in [1.29, 1.82) is 0 Å². The van der Waals surface area contributed by atoms with Crippen LogP contribution in [0.1, 0.15) is 73.6 Å². The number of nitrogens with zero attached hydrogens (tertiary/aromatic N) is 2. The largest absolute Gasteiger partial charge is 0.497 e. The fourth-order valence-corrected chi connectivity index (χ4v) is 5.04. The molecule has 0 radical (unpaired) electrons. The van der Waals surface area contributed by atoms with Gasteiger partial charge in [-0.3, -0.25) is 9.59 Å². The Kier molecular flexibility index (Phi) is 7.12. The van der Waals surface area contributed by atoms with Crippen LogP contribution >= 0.6 is 0 Å². The third kappa shape index (κ3) is 4.97. The van der Waals surface area contributed by atoms with Gasteiger partial charge in [-0.25, -0.2) is 4.98 Å². The number of aromatic nitrogens is 2. The Morgan fingerprint density at radius 1 is 1.16 bits per heavy atom. The van der Waals surface area contributed by atoms with Gasteiger partial charge >= 0.3 is 0 Å². The fourth-order valence-electron chi connectivity index (χ4n) is 5.04. The fraction of sp³-hybridized carbons (Fsp3) is 0.560. The second-order valence-corrected chi connectivity index (χ2v) is 9.02. The van der Waals surface area contributed by atoms with Crippen molar-refractivity contribution in [2.45, 2.75) is 57.3 Å². The molecule has 7 heteroatoms. The Morgan fingerprint density at radius 3 is 2.59 bits per heavy atom. The molecule has 32 heavy (non-hydrogen) atoms. The lowest BCUT2D eigenvalue weighted by Crippen LogP contribution is -2.39. The molecule has 1 aromatic carbocycles. The molecule has 1 aliphatic heterocycles. The number of nitrogens with one attached hydrogen (secondary N) is 2. The summed E-state index contributed by atoms with van der Waals surface area (Å²) in [5, 5.41) is 2.70. The first-order chi connectivity index (χ1) is 15.6. The number of hydrogen-bond donors (Lipinski definition) is 2. The van der Waals surface area contributed by atoms with Crippen LogP contribution in [0, 0.1) is 5.92 Å². The third-order valence-electron chi connectivity index (χ3n) is 6.94. The quantitative estimate of drug-likeness (QED) is 0.681. The molecule has 2 amide bonds. The molecule has 2 aliphatic rings. The molecule has 1 aromatic heterocycles. The molecule has 2 aromatic rings. The van der Waals surface area contributed by atoms with Gasteiger partial charge in [-0.15, -0.1) is 0 Å². The van der Waals surface area contributed by atoms with Crippen LogP contribution in [0.5, 0.6) is 5.75 Å². The average Bonchev–Trinajstić information content (AvgIpc) is 3.52. The molecule has 2 heterocycles. The van der Waals surface area contributed by atoms with Gasteiger partial charge in [0, 0.05) is 38.0 Å². The van der Waals surface area contributed by atoms with Gasteiger partial charge in [0.1, 0.15) is 23.0 Å². The third-order valence-corrected chi connectivity index (χ3v) is 6.94. The van der Waals surface area contributed by atoms with Crippen LogP contribution in [-0.2, 0) is 4.79 Å². The van der Waals surface area contributed by atoms with Crippen molar-refractivity contribution in [2.24, 2.45) is 5.92 Å². The van der Waals surface area contributed by atoms with Gasteiger partial charge in [0.25, 0.3) is 5.91 Å². The zero-order valence-electron chi connectivity index (χ0n) is 19.2. The van der Waals surface area contributed by atoms with E-state index < -0.39 is 0 Å². The Labute approximate surface area is 189 Å². The van der Waals surface area contributed by atoms with Crippen molar-refractivity contribution in [3.63, 3.8) is 0 Å². The molecule has 1 aliphatic carbocycles. The molecule has 172 valence electrons. The maximum atomic E-state index is 12.9. The maximum Gasteiger partial charge on any atom is 0.269 e. The predicted octanol–water partition coefficient (Wildman–Crippen LogP) is 4.12. The zero-order chi connectivity index (χ0) is 22.5. The van der Waals surface area contributed by atoms with Gasteiger partial charge in [0.15, 0.2) is 0 Å². The van der Waals surface area contributed by atoms with E-state index in [4.69, 9.17) is 9.72 Å². The van der Waals surface area contributed by atoms with E-state index in [9.17, 15) is 9.59 Å². The highest BCUT2D eigenvalue weighted by atomic mass is 16.5. The van der Waals surface area contributed by atoms with E-state index >= 15 is 0 Å². The number of hydrogen-bond acceptors (Lipinski definition) is 4. The highest BCUT2D eigenvalue weighted by Crippen LogP contribution is 2.32. The molecule has 0 unspecified atom stereocenters. The number of benzene rings is 1. The molecule has 4 rings (SSSR count). The Balaban J connectivity index is 1.49. The van der Waals surface area contributed by atoms with Gasteiger partial charge < -0.3 is 19.9 Å². The van der Waals surface area contributed by atoms with Gasteiger partial charge in [-0.2, -0.15) is 0 Å². The number of carbonyl (C=O) groups is 2. The summed E-state index contributed by atoms with van der Waals surface area (Å²) < 4.78 is 5.25. The number of ether oxygens (including phenoxy) is 1. The summed E-state index contributed by atoms with van der Waals surface area (Å²) >= 11 is 0. The topological polar surface area (TPSA) is 87.3 Å². The minimum atomic E-state index is -0.199. The number of imidazole rings is 1. The predicted molar refractivity (Wildman–Crippen MR) is 124 cm³/mol. The van der Waals surface area contributed by atoms with Gasteiger partial charge in [-0.05, 0) is 49.4 Å². The summed E-state index contributed by atoms with van der Waals surface area (Å²) in [4.78, 5) is 35.5. The smallest absolute Gasteiger partial charge is 0.269 e. The molecular weight excluding hydrogens is 404 g/mol. The number of amides is 2. The summed E-state index contributed by atoms with van der Waals surface area (Å²) in [6.07, 6.45) is 8.75. The summed E-state index contributed by atoms with van der Waals surface area (Å²) in [6.45, 7) is 1.47. The van der Waals surface area contributed by atoms with E-state index in [-0.39, 0.29) is 17.7 Å². The van der Waals surface area contributed by atoms with Gasteiger partial charge in [0.05, 0.1) is 7.11 Å². The highest BCUT2D eigenvalue weighted by molar-refractivity contribution is 5.98. The minimum absolute atomic E-state index is 0.106. The summed E-state index contributed by atoms with van der Waals surface area (Å²) in [5.41, 5.74) is 1.94. The van der Waals surface area contributed by atoms with Crippen LogP contribution in [-0.4, -0.2) is 53.9 Å². The molecule has 1 atom stereocenters. The summed E-state index contributed by atoms with van der Waals surface area (Å²) in [5.74, 6) is 2.43. The van der Waals surface area contributed by atoms with Gasteiger partial charge in [-0.1, -0.05) is 25.7 Å². The molecule has 0 bridgehead atoms. The van der Waals surface area contributed by atoms with Crippen molar-refractivity contribution in [1.82, 2.24) is 20.2 Å². The number of H-pyrrole nitrogens is 1. The number of methoxy groups -OCH3 is 1. The van der Waals surface area contributed by atoms with E-state index in [0.717, 1.165) is 48.9 Å². The Hall–Kier alpha value is -2.83.